The highest BCUT2D eigenvalue weighted by Crippen LogP contribution is 2.35. The van der Waals surface area contributed by atoms with Crippen molar-refractivity contribution in [1.82, 2.24) is 24.5 Å². The van der Waals surface area contributed by atoms with E-state index in [0.717, 1.165) is 27.2 Å². The minimum Gasteiger partial charge on any atom is -0.504 e. The van der Waals surface area contributed by atoms with Crippen LogP contribution in [0.15, 0.2) is 49.2 Å². The number of pyridine rings is 3. The number of aromatic hydroxyl groups is 1. The standard InChI is InChI=1S/C19H14N6O2/c1-27-17-4-11-10-5-18(25-9-23-14-8-21-3-2-15(14)25)24-19(20)12(10)7-22-13(11)6-16(17)26/h2-9,26H,1H3,(H2,20,24). The van der Waals surface area contributed by atoms with E-state index < -0.39 is 0 Å². The molecule has 0 spiro atoms. The summed E-state index contributed by atoms with van der Waals surface area (Å²) >= 11 is 0. The molecular weight excluding hydrogens is 344 g/mol. The third kappa shape index (κ3) is 2.23. The number of methoxy groups -OCH3 is 1. The van der Waals surface area contributed by atoms with Gasteiger partial charge in [0.25, 0.3) is 0 Å². The van der Waals surface area contributed by atoms with Crippen molar-refractivity contribution >= 4 is 38.5 Å². The van der Waals surface area contributed by atoms with Crippen LogP contribution in [0.4, 0.5) is 5.82 Å². The fourth-order valence-electron chi connectivity index (χ4n) is 3.27. The number of phenolic OH excluding ortho intramolecular Hbond substituents is 1. The smallest absolute Gasteiger partial charge is 0.161 e. The van der Waals surface area contributed by atoms with Crippen LogP contribution in [0.3, 0.4) is 0 Å². The fraction of sp³-hybridized carbons (Fsp3) is 0.0526. The second-order valence-corrected chi connectivity index (χ2v) is 6.11. The van der Waals surface area contributed by atoms with Crippen molar-refractivity contribution in [2.45, 2.75) is 0 Å². The Bertz CT molecular complexity index is 1340. The Morgan fingerprint density at radius 1 is 1.04 bits per heavy atom. The molecule has 0 bridgehead atoms. The number of imidazole rings is 1. The number of aromatic nitrogens is 5. The van der Waals surface area contributed by atoms with E-state index in [0.29, 0.717) is 22.9 Å². The summed E-state index contributed by atoms with van der Waals surface area (Å²) in [6, 6.07) is 7.12. The summed E-state index contributed by atoms with van der Waals surface area (Å²) < 4.78 is 7.10. The van der Waals surface area contributed by atoms with Crippen molar-refractivity contribution in [3.63, 3.8) is 0 Å². The van der Waals surface area contributed by atoms with Gasteiger partial charge >= 0.3 is 0 Å². The zero-order chi connectivity index (χ0) is 18.5. The molecule has 0 aliphatic carbocycles. The Morgan fingerprint density at radius 2 is 1.93 bits per heavy atom. The largest absolute Gasteiger partial charge is 0.504 e. The van der Waals surface area contributed by atoms with E-state index in [4.69, 9.17) is 10.5 Å². The molecule has 0 saturated heterocycles. The van der Waals surface area contributed by atoms with Gasteiger partial charge in [0.2, 0.25) is 0 Å². The summed E-state index contributed by atoms with van der Waals surface area (Å²) in [6.07, 6.45) is 6.75. The van der Waals surface area contributed by atoms with Crippen LogP contribution in [0.25, 0.3) is 38.5 Å². The van der Waals surface area contributed by atoms with Crippen molar-refractivity contribution in [2.24, 2.45) is 0 Å². The molecule has 0 fully saturated rings. The highest BCUT2D eigenvalue weighted by molar-refractivity contribution is 6.10. The van der Waals surface area contributed by atoms with Gasteiger partial charge in [-0.2, -0.15) is 0 Å². The molecule has 0 radical (unpaired) electrons. The first kappa shape index (κ1) is 15.3. The van der Waals surface area contributed by atoms with Crippen molar-refractivity contribution in [1.29, 1.82) is 0 Å². The van der Waals surface area contributed by atoms with E-state index in [1.54, 1.807) is 37.1 Å². The van der Waals surface area contributed by atoms with Crippen LogP contribution in [0.1, 0.15) is 0 Å². The highest BCUT2D eigenvalue weighted by Gasteiger charge is 2.13. The minimum atomic E-state index is 0.0344. The van der Waals surface area contributed by atoms with Crippen molar-refractivity contribution in [3.05, 3.63) is 49.2 Å². The first-order valence-electron chi connectivity index (χ1n) is 8.19. The molecule has 0 aliphatic rings. The number of hydrogen-bond acceptors (Lipinski definition) is 7. The molecule has 4 heterocycles. The average Bonchev–Trinajstić information content (AvgIpc) is 3.11. The molecule has 0 aliphatic heterocycles. The van der Waals surface area contributed by atoms with E-state index >= 15 is 0 Å². The van der Waals surface area contributed by atoms with Gasteiger partial charge in [0.05, 0.1) is 24.3 Å². The molecule has 132 valence electrons. The summed E-state index contributed by atoms with van der Waals surface area (Å²) in [5, 5.41) is 12.4. The number of nitrogens with zero attached hydrogens (tertiary/aromatic N) is 5. The van der Waals surface area contributed by atoms with Crippen LogP contribution in [0.2, 0.25) is 0 Å². The lowest BCUT2D eigenvalue weighted by Crippen LogP contribution is -2.01. The number of hydrogen-bond donors (Lipinski definition) is 2. The molecule has 8 nitrogen and oxygen atoms in total. The van der Waals surface area contributed by atoms with Gasteiger partial charge in [-0.05, 0) is 18.2 Å². The molecule has 5 rings (SSSR count). The lowest BCUT2D eigenvalue weighted by molar-refractivity contribution is 0.374. The molecule has 0 saturated carbocycles. The van der Waals surface area contributed by atoms with E-state index in [2.05, 4.69) is 19.9 Å². The summed E-state index contributed by atoms with van der Waals surface area (Å²) in [7, 11) is 1.51. The predicted molar refractivity (Wildman–Crippen MR) is 102 cm³/mol. The monoisotopic (exact) mass is 358 g/mol. The molecular formula is C19H14N6O2. The zero-order valence-electron chi connectivity index (χ0n) is 14.3. The maximum absolute atomic E-state index is 10.0. The lowest BCUT2D eigenvalue weighted by atomic mass is 10.1. The second-order valence-electron chi connectivity index (χ2n) is 6.11. The molecule has 27 heavy (non-hydrogen) atoms. The van der Waals surface area contributed by atoms with Crippen LogP contribution in [-0.4, -0.2) is 36.7 Å². The van der Waals surface area contributed by atoms with Gasteiger partial charge in [-0.1, -0.05) is 0 Å². The van der Waals surface area contributed by atoms with Gasteiger partial charge in [0.15, 0.2) is 11.5 Å². The van der Waals surface area contributed by atoms with Gasteiger partial charge in [-0.25, -0.2) is 9.97 Å². The van der Waals surface area contributed by atoms with Crippen LogP contribution in [-0.2, 0) is 0 Å². The number of rotatable bonds is 2. The van der Waals surface area contributed by atoms with Crippen LogP contribution in [0.5, 0.6) is 11.5 Å². The van der Waals surface area contributed by atoms with E-state index in [9.17, 15) is 5.11 Å². The number of benzene rings is 1. The summed E-state index contributed by atoms with van der Waals surface area (Å²) in [5.74, 6) is 1.40. The average molecular weight is 358 g/mol. The van der Waals surface area contributed by atoms with Gasteiger partial charge in [0, 0.05) is 34.6 Å². The minimum absolute atomic E-state index is 0.0344. The molecule has 3 N–H and O–H groups in total. The molecule has 1 aromatic carbocycles. The number of nitrogen functional groups attached to an aromatic ring is 1. The molecule has 4 aromatic heterocycles. The SMILES string of the molecule is COc1cc2c(cc1O)ncc1c(N)nc(-n3cnc4cnccc43)cc12. The van der Waals surface area contributed by atoms with E-state index in [1.807, 2.05) is 16.7 Å². The third-order valence-corrected chi connectivity index (χ3v) is 4.59. The Hall–Kier alpha value is -3.94. The van der Waals surface area contributed by atoms with Crippen molar-refractivity contribution in [3.8, 4) is 17.3 Å². The Balaban J connectivity index is 1.86. The van der Waals surface area contributed by atoms with Crippen molar-refractivity contribution in [2.75, 3.05) is 12.8 Å². The number of nitrogens with two attached hydrogens (primary N) is 1. The number of ether oxygens (including phenoxy) is 1. The number of anilines is 1. The molecule has 5 aromatic rings. The quantitative estimate of drug-likeness (QED) is 0.467. The van der Waals surface area contributed by atoms with Crippen molar-refractivity contribution < 1.29 is 9.84 Å². The Labute approximate surface area is 152 Å². The summed E-state index contributed by atoms with van der Waals surface area (Å²) in [5.41, 5.74) is 8.50. The molecule has 0 unspecified atom stereocenters. The van der Waals surface area contributed by atoms with Gasteiger partial charge in [-0.15, -0.1) is 0 Å². The number of phenols is 1. The third-order valence-electron chi connectivity index (χ3n) is 4.59. The van der Waals surface area contributed by atoms with E-state index in [1.165, 1.54) is 7.11 Å². The first-order chi connectivity index (χ1) is 13.2. The maximum Gasteiger partial charge on any atom is 0.161 e. The maximum atomic E-state index is 10.0. The van der Waals surface area contributed by atoms with E-state index in [-0.39, 0.29) is 5.75 Å². The molecule has 0 atom stereocenters. The predicted octanol–water partition coefficient (Wildman–Crippen LogP) is 2.81. The van der Waals surface area contributed by atoms with Gasteiger partial charge in [0.1, 0.15) is 23.5 Å². The normalized spacial score (nSPS) is 11.4. The summed E-state index contributed by atoms with van der Waals surface area (Å²) in [4.78, 5) is 17.4. The fourth-order valence-corrected chi connectivity index (χ4v) is 3.27. The topological polar surface area (TPSA) is 112 Å². The molecule has 8 heteroatoms. The van der Waals surface area contributed by atoms with Crippen LogP contribution in [0, 0.1) is 0 Å². The van der Waals surface area contributed by atoms with Crippen LogP contribution < -0.4 is 10.5 Å². The number of fused-ring (bicyclic) bond motifs is 4. The van der Waals surface area contributed by atoms with Gasteiger partial charge < -0.3 is 15.6 Å². The zero-order valence-corrected chi connectivity index (χ0v) is 14.3. The Morgan fingerprint density at radius 3 is 2.78 bits per heavy atom. The van der Waals surface area contributed by atoms with Crippen LogP contribution >= 0.6 is 0 Å². The first-order valence-corrected chi connectivity index (χ1v) is 8.19. The second kappa shape index (κ2) is 5.53. The summed E-state index contributed by atoms with van der Waals surface area (Å²) in [6.45, 7) is 0. The lowest BCUT2D eigenvalue weighted by Gasteiger charge is -2.11. The Kier molecular flexibility index (Phi) is 3.14. The molecule has 0 amide bonds. The van der Waals surface area contributed by atoms with Gasteiger partial charge in [-0.3, -0.25) is 14.5 Å². The highest BCUT2D eigenvalue weighted by atomic mass is 16.5.